The average molecular weight is 399 g/mol. The van der Waals surface area contributed by atoms with Gasteiger partial charge in [0, 0.05) is 33.1 Å². The van der Waals surface area contributed by atoms with Crippen LogP contribution in [0.15, 0.2) is 16.8 Å². The van der Waals surface area contributed by atoms with Crippen LogP contribution in [0.3, 0.4) is 0 Å². The second-order valence-electron chi connectivity index (χ2n) is 7.90. The van der Waals surface area contributed by atoms with Gasteiger partial charge in [-0.05, 0) is 66.3 Å². The highest BCUT2D eigenvalue weighted by atomic mass is 32.1. The minimum atomic E-state index is -3.28. The van der Waals surface area contributed by atoms with E-state index in [-0.39, 0.29) is 5.91 Å². The standard InChI is InChI=1S/C20H28F2N2O2S/c1-20(21,22)19(26)24-10-5-17(6-11-24)16-3-2-8-23(9-4-16)18(25)13-15-7-12-27-14-15/h7,12,14,16-17H,2-6,8-11,13H2,1H3. The Morgan fingerprint density at radius 1 is 1.07 bits per heavy atom. The number of likely N-dealkylation sites (tertiary alicyclic amines) is 2. The minimum absolute atomic E-state index is 0.194. The van der Waals surface area contributed by atoms with E-state index < -0.39 is 11.8 Å². The van der Waals surface area contributed by atoms with Crippen LogP contribution in [0.5, 0.6) is 0 Å². The first-order valence-electron chi connectivity index (χ1n) is 9.80. The average Bonchev–Trinajstić information content (AvgIpc) is 3.01. The molecular weight excluding hydrogens is 370 g/mol. The molecule has 0 radical (unpaired) electrons. The molecule has 0 aliphatic carbocycles. The third-order valence-electron chi connectivity index (χ3n) is 5.93. The van der Waals surface area contributed by atoms with Gasteiger partial charge in [0.05, 0.1) is 6.42 Å². The summed E-state index contributed by atoms with van der Waals surface area (Å²) in [7, 11) is 0. The smallest absolute Gasteiger partial charge is 0.322 e. The number of thiophene rings is 1. The van der Waals surface area contributed by atoms with Gasteiger partial charge in [-0.2, -0.15) is 20.1 Å². The quantitative estimate of drug-likeness (QED) is 0.774. The molecule has 2 aliphatic rings. The number of hydrogen-bond donors (Lipinski definition) is 0. The summed E-state index contributed by atoms with van der Waals surface area (Å²) in [5.41, 5.74) is 1.08. The maximum absolute atomic E-state index is 13.2. The fraction of sp³-hybridized carbons (Fsp3) is 0.700. The Bertz CT molecular complexity index is 637. The van der Waals surface area contributed by atoms with Crippen molar-refractivity contribution in [3.63, 3.8) is 0 Å². The Hall–Kier alpha value is -1.50. The lowest BCUT2D eigenvalue weighted by Crippen LogP contribution is -2.46. The summed E-state index contributed by atoms with van der Waals surface area (Å²) < 4.78 is 26.5. The lowest BCUT2D eigenvalue weighted by atomic mass is 9.80. The van der Waals surface area contributed by atoms with E-state index in [0.717, 1.165) is 50.8 Å². The van der Waals surface area contributed by atoms with Crippen LogP contribution in [-0.2, 0) is 16.0 Å². The number of carbonyl (C=O) groups excluding carboxylic acids is 2. The molecule has 2 aliphatic heterocycles. The molecule has 1 unspecified atom stereocenters. The second-order valence-corrected chi connectivity index (χ2v) is 8.68. The molecule has 2 amide bonds. The first kappa shape index (κ1) is 20.2. The number of alkyl halides is 2. The van der Waals surface area contributed by atoms with Gasteiger partial charge < -0.3 is 9.80 Å². The van der Waals surface area contributed by atoms with Crippen molar-refractivity contribution in [2.75, 3.05) is 26.2 Å². The summed E-state index contributed by atoms with van der Waals surface area (Å²) in [5.74, 6) is -3.15. The molecule has 27 heavy (non-hydrogen) atoms. The SMILES string of the molecule is CC(F)(F)C(=O)N1CCC(C2CCCN(C(=O)Cc3ccsc3)CC2)CC1. The highest BCUT2D eigenvalue weighted by Crippen LogP contribution is 2.33. The van der Waals surface area contributed by atoms with E-state index in [1.165, 1.54) is 4.90 Å². The van der Waals surface area contributed by atoms with E-state index >= 15 is 0 Å². The van der Waals surface area contributed by atoms with E-state index in [1.807, 2.05) is 21.7 Å². The number of amides is 2. The van der Waals surface area contributed by atoms with Crippen molar-refractivity contribution in [2.45, 2.75) is 51.4 Å². The molecule has 3 rings (SSSR count). The van der Waals surface area contributed by atoms with Gasteiger partial charge >= 0.3 is 5.92 Å². The molecule has 2 saturated heterocycles. The van der Waals surface area contributed by atoms with Gasteiger partial charge in [-0.15, -0.1) is 0 Å². The topological polar surface area (TPSA) is 40.6 Å². The fourth-order valence-corrected chi connectivity index (χ4v) is 5.04. The van der Waals surface area contributed by atoms with Crippen LogP contribution >= 0.6 is 11.3 Å². The zero-order valence-electron chi connectivity index (χ0n) is 15.8. The monoisotopic (exact) mass is 398 g/mol. The van der Waals surface area contributed by atoms with Crippen LogP contribution < -0.4 is 0 Å². The lowest BCUT2D eigenvalue weighted by molar-refractivity contribution is -0.156. The molecule has 1 aromatic rings. The maximum atomic E-state index is 13.2. The Labute approximate surface area is 163 Å². The van der Waals surface area contributed by atoms with Crippen LogP contribution in [0.4, 0.5) is 8.78 Å². The molecule has 3 heterocycles. The molecule has 0 bridgehead atoms. The number of piperidine rings is 1. The third kappa shape index (κ3) is 5.27. The van der Waals surface area contributed by atoms with E-state index in [0.29, 0.717) is 38.3 Å². The van der Waals surface area contributed by atoms with Gasteiger partial charge in [0.15, 0.2) is 0 Å². The third-order valence-corrected chi connectivity index (χ3v) is 6.66. The van der Waals surface area contributed by atoms with Gasteiger partial charge in [-0.25, -0.2) is 0 Å². The zero-order valence-corrected chi connectivity index (χ0v) is 16.6. The van der Waals surface area contributed by atoms with Gasteiger partial charge in [0.2, 0.25) is 5.91 Å². The van der Waals surface area contributed by atoms with Crippen molar-refractivity contribution in [3.8, 4) is 0 Å². The van der Waals surface area contributed by atoms with Crippen LogP contribution in [0.2, 0.25) is 0 Å². The molecule has 0 N–H and O–H groups in total. The minimum Gasteiger partial charge on any atom is -0.342 e. The van der Waals surface area contributed by atoms with Crippen molar-refractivity contribution >= 4 is 23.2 Å². The van der Waals surface area contributed by atoms with Crippen LogP contribution in [-0.4, -0.2) is 53.7 Å². The van der Waals surface area contributed by atoms with Crippen molar-refractivity contribution in [1.82, 2.24) is 9.80 Å². The molecule has 4 nitrogen and oxygen atoms in total. The van der Waals surface area contributed by atoms with Gasteiger partial charge in [-0.1, -0.05) is 0 Å². The molecule has 0 spiro atoms. The fourth-order valence-electron chi connectivity index (χ4n) is 4.37. The normalized spacial score (nSPS) is 22.6. The maximum Gasteiger partial charge on any atom is 0.322 e. The number of rotatable bonds is 4. The Morgan fingerprint density at radius 3 is 2.30 bits per heavy atom. The first-order chi connectivity index (χ1) is 12.8. The van der Waals surface area contributed by atoms with E-state index in [1.54, 1.807) is 11.3 Å². The Kier molecular flexibility index (Phi) is 6.50. The number of carbonyl (C=O) groups is 2. The predicted octanol–water partition coefficient (Wildman–Crippen LogP) is 3.81. The summed E-state index contributed by atoms with van der Waals surface area (Å²) in [6, 6.07) is 2.00. The Morgan fingerprint density at radius 2 is 1.70 bits per heavy atom. The first-order valence-corrected chi connectivity index (χ1v) is 10.7. The van der Waals surface area contributed by atoms with Crippen molar-refractivity contribution in [1.29, 1.82) is 0 Å². The zero-order chi connectivity index (χ0) is 19.4. The van der Waals surface area contributed by atoms with Gasteiger partial charge in [-0.3, -0.25) is 9.59 Å². The van der Waals surface area contributed by atoms with E-state index in [9.17, 15) is 18.4 Å². The summed E-state index contributed by atoms with van der Waals surface area (Å²) in [5, 5.41) is 4.01. The van der Waals surface area contributed by atoms with Crippen LogP contribution in [0.1, 0.15) is 44.6 Å². The van der Waals surface area contributed by atoms with E-state index in [4.69, 9.17) is 0 Å². The van der Waals surface area contributed by atoms with Crippen molar-refractivity contribution in [3.05, 3.63) is 22.4 Å². The van der Waals surface area contributed by atoms with Crippen molar-refractivity contribution in [2.24, 2.45) is 11.8 Å². The number of hydrogen-bond acceptors (Lipinski definition) is 3. The molecule has 0 aromatic carbocycles. The molecule has 0 saturated carbocycles. The number of nitrogens with zero attached hydrogens (tertiary/aromatic N) is 2. The molecule has 2 fully saturated rings. The molecular formula is C20H28F2N2O2S. The molecule has 7 heteroatoms. The second kappa shape index (κ2) is 8.67. The molecule has 1 atom stereocenters. The van der Waals surface area contributed by atoms with E-state index in [2.05, 4.69) is 0 Å². The van der Waals surface area contributed by atoms with Gasteiger partial charge in [0.1, 0.15) is 0 Å². The van der Waals surface area contributed by atoms with Crippen LogP contribution in [0, 0.1) is 11.8 Å². The number of halogens is 2. The summed E-state index contributed by atoms with van der Waals surface area (Å²) >= 11 is 1.61. The highest BCUT2D eigenvalue weighted by molar-refractivity contribution is 7.08. The highest BCUT2D eigenvalue weighted by Gasteiger charge is 2.39. The Balaban J connectivity index is 1.47. The largest absolute Gasteiger partial charge is 0.342 e. The molecule has 1 aromatic heterocycles. The van der Waals surface area contributed by atoms with Crippen molar-refractivity contribution < 1.29 is 18.4 Å². The summed E-state index contributed by atoms with van der Waals surface area (Å²) in [4.78, 5) is 27.6. The lowest BCUT2D eigenvalue weighted by Gasteiger charge is -2.36. The van der Waals surface area contributed by atoms with Crippen LogP contribution in [0.25, 0.3) is 0 Å². The predicted molar refractivity (Wildman–Crippen MR) is 102 cm³/mol. The summed E-state index contributed by atoms with van der Waals surface area (Å²) in [6.07, 6.45) is 5.08. The summed E-state index contributed by atoms with van der Waals surface area (Å²) in [6.45, 7) is 3.10. The van der Waals surface area contributed by atoms with Gasteiger partial charge in [0.25, 0.3) is 5.91 Å². The molecule has 150 valence electrons.